The van der Waals surface area contributed by atoms with Crippen molar-refractivity contribution in [2.24, 2.45) is 11.3 Å². The van der Waals surface area contributed by atoms with Crippen LogP contribution in [0.5, 0.6) is 0 Å². The minimum atomic E-state index is -1.29. The Kier molecular flexibility index (Phi) is 7.27. The first-order chi connectivity index (χ1) is 18.2. The van der Waals surface area contributed by atoms with Crippen molar-refractivity contribution in [2.75, 3.05) is 32.8 Å². The smallest absolute Gasteiger partial charge is 0.243 e. The average molecular weight is 522 g/mol. The van der Waals surface area contributed by atoms with Gasteiger partial charge in [0.1, 0.15) is 12.2 Å². The predicted molar refractivity (Wildman–Crippen MR) is 141 cm³/mol. The lowest BCUT2D eigenvalue weighted by molar-refractivity contribution is -0.148. The minimum absolute atomic E-state index is 0.0522. The van der Waals surface area contributed by atoms with Gasteiger partial charge < -0.3 is 19.9 Å². The predicted octanol–water partition coefficient (Wildman–Crippen LogP) is 3.45. The van der Waals surface area contributed by atoms with Crippen LogP contribution in [0.1, 0.15) is 55.8 Å². The third-order valence-corrected chi connectivity index (χ3v) is 8.41. The second kappa shape index (κ2) is 10.5. The van der Waals surface area contributed by atoms with E-state index >= 15 is 0 Å². The first kappa shape index (κ1) is 26.4. The third-order valence-electron chi connectivity index (χ3n) is 8.41. The zero-order valence-corrected chi connectivity index (χ0v) is 22.2. The molecule has 3 fully saturated rings. The molecule has 8 heteroatoms. The second-order valence-electron chi connectivity index (χ2n) is 11.2. The number of likely N-dealkylation sites (tertiary alicyclic amines) is 2. The normalized spacial score (nSPS) is 27.4. The van der Waals surface area contributed by atoms with E-state index in [4.69, 9.17) is 4.74 Å². The van der Waals surface area contributed by atoms with E-state index in [0.717, 1.165) is 11.1 Å². The number of ether oxygens (including phenoxy) is 1. The van der Waals surface area contributed by atoms with Crippen molar-refractivity contribution >= 4 is 17.7 Å². The van der Waals surface area contributed by atoms with Gasteiger partial charge >= 0.3 is 0 Å². The van der Waals surface area contributed by atoms with Crippen molar-refractivity contribution < 1.29 is 23.5 Å². The summed E-state index contributed by atoms with van der Waals surface area (Å²) < 4.78 is 20.5. The summed E-state index contributed by atoms with van der Waals surface area (Å²) in [5.74, 6) is -0.543. The van der Waals surface area contributed by atoms with Gasteiger partial charge in [0.25, 0.3) is 0 Å². The molecule has 0 spiro atoms. The lowest BCUT2D eigenvalue weighted by Crippen LogP contribution is -2.54. The van der Waals surface area contributed by atoms with Crippen molar-refractivity contribution in [1.82, 2.24) is 15.1 Å². The highest BCUT2D eigenvalue weighted by atomic mass is 19.1. The summed E-state index contributed by atoms with van der Waals surface area (Å²) in [6.45, 7) is 6.84. The Labute approximate surface area is 223 Å². The fraction of sp³-hybridized carbons (Fsp3) is 0.500. The van der Waals surface area contributed by atoms with Crippen LogP contribution in [0.25, 0.3) is 0 Å². The Morgan fingerprint density at radius 2 is 1.66 bits per heavy atom. The molecule has 3 saturated heterocycles. The van der Waals surface area contributed by atoms with Crippen LogP contribution < -0.4 is 5.32 Å². The van der Waals surface area contributed by atoms with Gasteiger partial charge in [0.15, 0.2) is 0 Å². The molecule has 3 aliphatic heterocycles. The highest BCUT2D eigenvalue weighted by Crippen LogP contribution is 2.44. The topological polar surface area (TPSA) is 79.0 Å². The van der Waals surface area contributed by atoms with Gasteiger partial charge in [-0.05, 0) is 22.6 Å². The highest BCUT2D eigenvalue weighted by Gasteiger charge is 2.59. The number of benzene rings is 2. The molecule has 0 saturated carbocycles. The highest BCUT2D eigenvalue weighted by molar-refractivity contribution is 5.92. The summed E-state index contributed by atoms with van der Waals surface area (Å²) >= 11 is 0. The first-order valence-electron chi connectivity index (χ1n) is 13.4. The number of hydrogen-bond acceptors (Lipinski definition) is 4. The first-order valence-corrected chi connectivity index (χ1v) is 13.4. The van der Waals surface area contributed by atoms with Crippen LogP contribution in [-0.4, -0.2) is 72.6 Å². The van der Waals surface area contributed by atoms with E-state index in [-0.39, 0.29) is 49.8 Å². The number of carbonyl (C=O) groups excluding carboxylic acids is 3. The van der Waals surface area contributed by atoms with Crippen LogP contribution in [0.15, 0.2) is 54.6 Å². The Morgan fingerprint density at radius 1 is 1.00 bits per heavy atom. The van der Waals surface area contributed by atoms with E-state index in [0.29, 0.717) is 19.1 Å². The van der Waals surface area contributed by atoms with E-state index in [9.17, 15) is 18.8 Å². The van der Waals surface area contributed by atoms with Crippen LogP contribution in [0.2, 0.25) is 0 Å². The van der Waals surface area contributed by atoms with Crippen LogP contribution in [0.3, 0.4) is 0 Å². The van der Waals surface area contributed by atoms with Gasteiger partial charge in [0, 0.05) is 32.4 Å². The Morgan fingerprint density at radius 3 is 2.32 bits per heavy atom. The summed E-state index contributed by atoms with van der Waals surface area (Å²) in [6, 6.07) is 16.4. The largest absolute Gasteiger partial charge is 0.380 e. The van der Waals surface area contributed by atoms with Crippen molar-refractivity contribution in [3.8, 4) is 0 Å². The lowest BCUT2D eigenvalue weighted by atomic mass is 9.79. The van der Waals surface area contributed by atoms with E-state index in [1.54, 1.807) is 4.90 Å². The molecule has 1 N–H and O–H groups in total. The Bertz CT molecular complexity index is 1190. The van der Waals surface area contributed by atoms with E-state index in [1.807, 2.05) is 42.5 Å². The molecule has 0 bridgehead atoms. The summed E-state index contributed by atoms with van der Waals surface area (Å²) in [5.41, 5.74) is 2.09. The fourth-order valence-corrected chi connectivity index (χ4v) is 6.14. The molecule has 7 nitrogen and oxygen atoms in total. The van der Waals surface area contributed by atoms with Crippen LogP contribution in [-0.2, 0) is 19.1 Å². The van der Waals surface area contributed by atoms with Gasteiger partial charge in [0.05, 0.1) is 31.2 Å². The molecule has 0 unspecified atom stereocenters. The standard InChI is InChI=1S/C30H36FN3O4/c1-19(2)21-9-11-23(12-10-21)27(22-7-5-4-6-8-22)32-28(36)26-13-25(31)15-34(26)29(37)30-17-33(20(3)35)14-24(30)16-38-18-30/h4-12,19,24-27H,13-18H2,1-3H3,(H,32,36)/t24-,25+,26-,27-,30-/m0/s1. The van der Waals surface area contributed by atoms with Gasteiger partial charge in [-0.3, -0.25) is 14.4 Å². The Hall–Kier alpha value is -3.26. The number of carbonyl (C=O) groups is 3. The maximum Gasteiger partial charge on any atom is 0.243 e. The quantitative estimate of drug-likeness (QED) is 0.632. The van der Waals surface area contributed by atoms with Crippen LogP contribution in [0.4, 0.5) is 4.39 Å². The van der Waals surface area contributed by atoms with E-state index in [2.05, 4.69) is 31.3 Å². The fourth-order valence-electron chi connectivity index (χ4n) is 6.14. The summed E-state index contributed by atoms with van der Waals surface area (Å²) in [6.07, 6.45) is -1.35. The van der Waals surface area contributed by atoms with E-state index < -0.39 is 23.7 Å². The number of halogens is 1. The summed E-state index contributed by atoms with van der Waals surface area (Å²) in [5, 5.41) is 3.13. The summed E-state index contributed by atoms with van der Waals surface area (Å²) in [7, 11) is 0. The van der Waals surface area contributed by atoms with E-state index in [1.165, 1.54) is 17.4 Å². The van der Waals surface area contributed by atoms with Crippen molar-refractivity contribution in [2.45, 2.75) is 51.4 Å². The number of nitrogens with one attached hydrogen (secondary N) is 1. The molecule has 3 heterocycles. The molecule has 2 aromatic rings. The van der Waals surface area contributed by atoms with Crippen molar-refractivity contribution in [1.29, 1.82) is 0 Å². The average Bonchev–Trinajstić information content (AvgIpc) is 3.60. The molecule has 3 aliphatic rings. The number of rotatable bonds is 6. The monoisotopic (exact) mass is 521 g/mol. The molecule has 38 heavy (non-hydrogen) atoms. The zero-order valence-electron chi connectivity index (χ0n) is 22.2. The number of alkyl halides is 1. The molecular weight excluding hydrogens is 485 g/mol. The number of nitrogens with zero attached hydrogens (tertiary/aromatic N) is 2. The SMILES string of the molecule is CC(=O)N1C[C@H]2COC[C@@]2(C(=O)N2C[C@H](F)C[C@H]2C(=O)N[C@@H](c2ccccc2)c2ccc(C(C)C)cc2)C1. The molecule has 0 radical (unpaired) electrons. The maximum atomic E-state index is 14.8. The lowest BCUT2D eigenvalue weighted by Gasteiger charge is -2.34. The van der Waals surface area contributed by atoms with Gasteiger partial charge in [-0.15, -0.1) is 0 Å². The summed E-state index contributed by atoms with van der Waals surface area (Å²) in [4.78, 5) is 42.8. The van der Waals surface area contributed by atoms with Crippen LogP contribution in [0, 0.1) is 11.3 Å². The second-order valence-corrected chi connectivity index (χ2v) is 11.2. The molecule has 3 amide bonds. The minimum Gasteiger partial charge on any atom is -0.380 e. The van der Waals surface area contributed by atoms with Gasteiger partial charge in [0.2, 0.25) is 17.7 Å². The Balaban J connectivity index is 1.40. The molecule has 5 rings (SSSR count). The molecule has 2 aromatic carbocycles. The number of fused-ring (bicyclic) bond motifs is 1. The van der Waals surface area contributed by atoms with Crippen molar-refractivity contribution in [3.05, 3.63) is 71.3 Å². The van der Waals surface area contributed by atoms with Crippen LogP contribution >= 0.6 is 0 Å². The molecular formula is C30H36FN3O4. The third kappa shape index (κ3) is 4.82. The van der Waals surface area contributed by atoms with Crippen molar-refractivity contribution in [3.63, 3.8) is 0 Å². The molecule has 202 valence electrons. The number of hydrogen-bond donors (Lipinski definition) is 1. The molecule has 0 aliphatic carbocycles. The van der Waals surface area contributed by atoms with Gasteiger partial charge in [-0.2, -0.15) is 0 Å². The van der Waals surface area contributed by atoms with Gasteiger partial charge in [-0.1, -0.05) is 68.4 Å². The maximum absolute atomic E-state index is 14.8. The number of amides is 3. The van der Waals surface area contributed by atoms with Gasteiger partial charge in [-0.25, -0.2) is 4.39 Å². The molecule has 0 aromatic heterocycles. The zero-order chi connectivity index (χ0) is 27.0. The molecule has 5 atom stereocenters.